The number of hydrogen-bond acceptors (Lipinski definition) is 5. The Morgan fingerprint density at radius 3 is 2.32 bits per heavy atom. The number of rotatable bonds is 9. The van der Waals surface area contributed by atoms with E-state index in [1.165, 1.54) is 55.5 Å². The van der Waals surface area contributed by atoms with Crippen LogP contribution in [0.25, 0.3) is 10.9 Å². The first-order chi connectivity index (χ1) is 16.8. The Bertz CT molecular complexity index is 1020. The number of pyridine rings is 1. The molecule has 5 heteroatoms. The minimum absolute atomic E-state index is 0.812. The number of anilines is 1. The standard InChI is InChI=1S/C29H38N4O/c1-2-16-31(17-3-1)18-6-24-34-27-12-10-25(11-13-27)14-19-32-20-22-33(23-21-32)28-9-4-7-26-8-5-15-30-29(26)28/h4-5,7-13,15H,1-3,6,14,16-24H2. The highest BCUT2D eigenvalue weighted by Gasteiger charge is 2.19. The van der Waals surface area contributed by atoms with E-state index in [9.17, 15) is 0 Å². The number of likely N-dealkylation sites (tertiary alicyclic amines) is 1. The summed E-state index contributed by atoms with van der Waals surface area (Å²) in [4.78, 5) is 12.3. The molecule has 2 aromatic carbocycles. The van der Waals surface area contributed by atoms with Crippen LogP contribution in [-0.2, 0) is 6.42 Å². The second-order valence-electron chi connectivity index (χ2n) is 9.68. The zero-order valence-corrected chi connectivity index (χ0v) is 20.4. The summed E-state index contributed by atoms with van der Waals surface area (Å²) < 4.78 is 5.98. The minimum Gasteiger partial charge on any atom is -0.494 e. The maximum absolute atomic E-state index is 5.98. The molecule has 3 heterocycles. The molecule has 2 aliphatic rings. The molecule has 1 aromatic heterocycles. The van der Waals surface area contributed by atoms with Gasteiger partial charge in [-0.05, 0) is 68.6 Å². The molecule has 2 aliphatic heterocycles. The number of piperidine rings is 1. The Labute approximate surface area is 204 Å². The highest BCUT2D eigenvalue weighted by molar-refractivity contribution is 5.90. The first-order valence-corrected chi connectivity index (χ1v) is 13.1. The topological polar surface area (TPSA) is 31.8 Å². The Morgan fingerprint density at radius 2 is 1.50 bits per heavy atom. The molecule has 0 atom stereocenters. The Kier molecular flexibility index (Phi) is 7.94. The molecule has 5 rings (SSSR count). The van der Waals surface area contributed by atoms with Gasteiger partial charge in [0, 0.05) is 50.9 Å². The molecular weight excluding hydrogens is 420 g/mol. The number of benzene rings is 2. The first-order valence-electron chi connectivity index (χ1n) is 13.1. The lowest BCUT2D eigenvalue weighted by molar-refractivity contribution is 0.205. The highest BCUT2D eigenvalue weighted by Crippen LogP contribution is 2.25. The molecule has 0 radical (unpaired) electrons. The van der Waals surface area contributed by atoms with Crippen molar-refractivity contribution in [2.45, 2.75) is 32.1 Å². The number of piperazine rings is 1. The predicted octanol–water partition coefficient (Wildman–Crippen LogP) is 4.85. The van der Waals surface area contributed by atoms with Crippen LogP contribution in [0.15, 0.2) is 60.8 Å². The van der Waals surface area contributed by atoms with Crippen molar-refractivity contribution in [1.82, 2.24) is 14.8 Å². The highest BCUT2D eigenvalue weighted by atomic mass is 16.5. The second-order valence-corrected chi connectivity index (χ2v) is 9.68. The molecule has 0 N–H and O–H groups in total. The van der Waals surface area contributed by atoms with Gasteiger partial charge in [-0.1, -0.05) is 36.8 Å². The van der Waals surface area contributed by atoms with Crippen LogP contribution in [-0.4, -0.2) is 73.7 Å². The van der Waals surface area contributed by atoms with Crippen molar-refractivity contribution >= 4 is 16.6 Å². The Hall–Kier alpha value is -2.63. The van der Waals surface area contributed by atoms with Gasteiger partial charge >= 0.3 is 0 Å². The van der Waals surface area contributed by atoms with E-state index in [1.807, 2.05) is 12.3 Å². The van der Waals surface area contributed by atoms with Crippen molar-refractivity contribution in [3.05, 3.63) is 66.4 Å². The molecule has 2 saturated heterocycles. The maximum atomic E-state index is 5.98. The fourth-order valence-corrected chi connectivity index (χ4v) is 5.26. The van der Waals surface area contributed by atoms with Crippen molar-refractivity contribution < 1.29 is 4.74 Å². The maximum Gasteiger partial charge on any atom is 0.119 e. The summed E-state index contributed by atoms with van der Waals surface area (Å²) in [5.41, 5.74) is 3.78. The molecule has 5 nitrogen and oxygen atoms in total. The molecule has 0 aliphatic carbocycles. The van der Waals surface area contributed by atoms with Crippen molar-refractivity contribution in [2.24, 2.45) is 0 Å². The van der Waals surface area contributed by atoms with E-state index in [0.717, 1.165) is 63.4 Å². The third kappa shape index (κ3) is 6.08. The molecule has 0 amide bonds. The van der Waals surface area contributed by atoms with Gasteiger partial charge in [-0.25, -0.2) is 0 Å². The average molecular weight is 459 g/mol. The van der Waals surface area contributed by atoms with E-state index >= 15 is 0 Å². The van der Waals surface area contributed by atoms with E-state index in [2.05, 4.69) is 68.2 Å². The summed E-state index contributed by atoms with van der Waals surface area (Å²) in [6.07, 6.45) is 8.22. The van der Waals surface area contributed by atoms with Gasteiger partial charge in [-0.15, -0.1) is 0 Å². The summed E-state index contributed by atoms with van der Waals surface area (Å²) in [6.45, 7) is 9.93. The van der Waals surface area contributed by atoms with Gasteiger partial charge in [-0.3, -0.25) is 9.88 Å². The summed E-state index contributed by atoms with van der Waals surface area (Å²) in [5, 5.41) is 1.22. The van der Waals surface area contributed by atoms with Crippen LogP contribution in [0.2, 0.25) is 0 Å². The molecule has 0 bridgehead atoms. The van der Waals surface area contributed by atoms with Crippen LogP contribution in [0.1, 0.15) is 31.2 Å². The first kappa shape index (κ1) is 23.1. The number of nitrogens with zero attached hydrogens (tertiary/aromatic N) is 4. The quantitative estimate of drug-likeness (QED) is 0.428. The van der Waals surface area contributed by atoms with Crippen molar-refractivity contribution in [3.63, 3.8) is 0 Å². The molecular formula is C29H38N4O. The summed E-state index contributed by atoms with van der Waals surface area (Å²) >= 11 is 0. The van der Waals surface area contributed by atoms with Gasteiger partial charge < -0.3 is 14.5 Å². The van der Waals surface area contributed by atoms with Crippen molar-refractivity contribution in [1.29, 1.82) is 0 Å². The molecule has 0 saturated carbocycles. The molecule has 180 valence electrons. The smallest absolute Gasteiger partial charge is 0.119 e. The van der Waals surface area contributed by atoms with Gasteiger partial charge in [0.2, 0.25) is 0 Å². The van der Waals surface area contributed by atoms with E-state index in [1.54, 1.807) is 0 Å². The molecule has 2 fully saturated rings. The van der Waals surface area contributed by atoms with Crippen LogP contribution in [0, 0.1) is 0 Å². The number of para-hydroxylation sites is 1. The Morgan fingerprint density at radius 1 is 0.735 bits per heavy atom. The summed E-state index contributed by atoms with van der Waals surface area (Å²) in [5.74, 6) is 1.000. The van der Waals surface area contributed by atoms with Crippen molar-refractivity contribution in [2.75, 3.05) is 63.9 Å². The molecule has 34 heavy (non-hydrogen) atoms. The lowest BCUT2D eigenvalue weighted by atomic mass is 10.1. The summed E-state index contributed by atoms with van der Waals surface area (Å²) in [7, 11) is 0. The van der Waals surface area contributed by atoms with E-state index < -0.39 is 0 Å². The van der Waals surface area contributed by atoms with Crippen molar-refractivity contribution in [3.8, 4) is 5.75 Å². The normalized spacial score (nSPS) is 17.8. The van der Waals surface area contributed by atoms with Gasteiger partial charge in [-0.2, -0.15) is 0 Å². The van der Waals surface area contributed by atoms with Crippen LogP contribution in [0.4, 0.5) is 5.69 Å². The summed E-state index contributed by atoms with van der Waals surface area (Å²) in [6, 6.07) is 19.4. The molecule has 0 spiro atoms. The van der Waals surface area contributed by atoms with Crippen LogP contribution in [0.5, 0.6) is 5.75 Å². The monoisotopic (exact) mass is 458 g/mol. The lowest BCUT2D eigenvalue weighted by Gasteiger charge is -2.36. The van der Waals surface area contributed by atoms with Gasteiger partial charge in [0.25, 0.3) is 0 Å². The van der Waals surface area contributed by atoms with Crippen LogP contribution in [0.3, 0.4) is 0 Å². The lowest BCUT2D eigenvalue weighted by Crippen LogP contribution is -2.47. The number of ether oxygens (including phenoxy) is 1. The van der Waals surface area contributed by atoms with E-state index in [0.29, 0.717) is 0 Å². The van der Waals surface area contributed by atoms with Crippen LogP contribution < -0.4 is 9.64 Å². The number of fused-ring (bicyclic) bond motifs is 1. The largest absolute Gasteiger partial charge is 0.494 e. The van der Waals surface area contributed by atoms with Crippen LogP contribution >= 0.6 is 0 Å². The van der Waals surface area contributed by atoms with E-state index in [-0.39, 0.29) is 0 Å². The predicted molar refractivity (Wildman–Crippen MR) is 141 cm³/mol. The fourth-order valence-electron chi connectivity index (χ4n) is 5.26. The average Bonchev–Trinajstić information content (AvgIpc) is 2.91. The third-order valence-corrected chi connectivity index (χ3v) is 7.30. The number of aromatic nitrogens is 1. The number of hydrogen-bond donors (Lipinski definition) is 0. The molecule has 3 aromatic rings. The SMILES string of the molecule is c1cnc2c(N3CCN(CCc4ccc(OCCCN5CCCCC5)cc4)CC3)cccc2c1. The molecule has 0 unspecified atom stereocenters. The third-order valence-electron chi connectivity index (χ3n) is 7.30. The van der Waals surface area contributed by atoms with Gasteiger partial charge in [0.1, 0.15) is 5.75 Å². The zero-order valence-electron chi connectivity index (χ0n) is 20.4. The Balaban J connectivity index is 1.03. The van der Waals surface area contributed by atoms with E-state index in [4.69, 9.17) is 4.74 Å². The minimum atomic E-state index is 0.812. The second kappa shape index (κ2) is 11.7. The zero-order chi connectivity index (χ0) is 23.0. The van der Waals surface area contributed by atoms with Gasteiger partial charge in [0.15, 0.2) is 0 Å². The van der Waals surface area contributed by atoms with Gasteiger partial charge in [0.05, 0.1) is 17.8 Å². The fraction of sp³-hybridized carbons (Fsp3) is 0.483.